The summed E-state index contributed by atoms with van der Waals surface area (Å²) in [6, 6.07) is 1.76. The standard InChI is InChI=1S/C15H25N3O2/c1-10(2)8-12-9-13(17-16-12)15(20)18-7-5-4-6-14(18)11(3)19/h9-11,14,19H,4-8H2,1-3H3,(H,16,17). The molecule has 1 fully saturated rings. The molecule has 2 atom stereocenters. The molecule has 1 aliphatic heterocycles. The molecule has 1 aromatic rings. The number of H-pyrrole nitrogens is 1. The van der Waals surface area contributed by atoms with E-state index in [-0.39, 0.29) is 11.9 Å². The zero-order valence-electron chi connectivity index (χ0n) is 12.6. The minimum Gasteiger partial charge on any atom is -0.391 e. The molecule has 1 aromatic heterocycles. The van der Waals surface area contributed by atoms with Gasteiger partial charge in [0.05, 0.1) is 12.1 Å². The Balaban J connectivity index is 2.10. The van der Waals surface area contributed by atoms with Gasteiger partial charge in [-0.3, -0.25) is 9.89 Å². The van der Waals surface area contributed by atoms with Crippen LogP contribution in [0.25, 0.3) is 0 Å². The van der Waals surface area contributed by atoms with Crippen LogP contribution in [-0.2, 0) is 6.42 Å². The number of carbonyl (C=O) groups is 1. The lowest BCUT2D eigenvalue weighted by atomic mass is 9.97. The quantitative estimate of drug-likeness (QED) is 0.885. The number of hydrogen-bond donors (Lipinski definition) is 2. The zero-order valence-corrected chi connectivity index (χ0v) is 12.6. The first kappa shape index (κ1) is 15.0. The molecular formula is C15H25N3O2. The summed E-state index contributed by atoms with van der Waals surface area (Å²) in [7, 11) is 0. The number of nitrogens with zero attached hydrogens (tertiary/aromatic N) is 2. The third-order valence-corrected chi connectivity index (χ3v) is 3.85. The van der Waals surface area contributed by atoms with Gasteiger partial charge in [-0.05, 0) is 44.6 Å². The van der Waals surface area contributed by atoms with E-state index in [1.807, 2.05) is 6.07 Å². The van der Waals surface area contributed by atoms with Gasteiger partial charge in [-0.15, -0.1) is 0 Å². The Hall–Kier alpha value is -1.36. The third kappa shape index (κ3) is 3.39. The summed E-state index contributed by atoms with van der Waals surface area (Å²) >= 11 is 0. The molecule has 5 heteroatoms. The van der Waals surface area contributed by atoms with Crippen LogP contribution in [-0.4, -0.2) is 44.8 Å². The molecule has 2 heterocycles. The molecule has 0 bridgehead atoms. The van der Waals surface area contributed by atoms with Gasteiger partial charge in [0.15, 0.2) is 0 Å². The van der Waals surface area contributed by atoms with Crippen LogP contribution < -0.4 is 0 Å². The number of likely N-dealkylation sites (tertiary alicyclic amines) is 1. The van der Waals surface area contributed by atoms with Crippen LogP contribution in [0.5, 0.6) is 0 Å². The number of rotatable bonds is 4. The smallest absolute Gasteiger partial charge is 0.274 e. The van der Waals surface area contributed by atoms with Gasteiger partial charge in [0, 0.05) is 12.2 Å². The average molecular weight is 279 g/mol. The number of amides is 1. The number of aliphatic hydroxyl groups excluding tert-OH is 1. The molecular weight excluding hydrogens is 254 g/mol. The van der Waals surface area contributed by atoms with Crippen LogP contribution in [0.2, 0.25) is 0 Å². The van der Waals surface area contributed by atoms with E-state index in [1.54, 1.807) is 11.8 Å². The fourth-order valence-corrected chi connectivity index (χ4v) is 2.87. The number of piperidine rings is 1. The van der Waals surface area contributed by atoms with Crippen molar-refractivity contribution in [1.82, 2.24) is 15.1 Å². The van der Waals surface area contributed by atoms with Crippen molar-refractivity contribution in [2.24, 2.45) is 5.92 Å². The normalized spacial score (nSPS) is 21.2. The van der Waals surface area contributed by atoms with E-state index in [4.69, 9.17) is 0 Å². The number of hydrogen-bond acceptors (Lipinski definition) is 3. The Bertz CT molecular complexity index is 454. The summed E-state index contributed by atoms with van der Waals surface area (Å²) < 4.78 is 0. The Morgan fingerprint density at radius 1 is 1.50 bits per heavy atom. The highest BCUT2D eigenvalue weighted by atomic mass is 16.3. The topological polar surface area (TPSA) is 69.2 Å². The zero-order chi connectivity index (χ0) is 14.7. The summed E-state index contributed by atoms with van der Waals surface area (Å²) in [5, 5.41) is 16.9. The van der Waals surface area contributed by atoms with E-state index in [9.17, 15) is 9.90 Å². The van der Waals surface area contributed by atoms with E-state index in [1.165, 1.54) is 0 Å². The van der Waals surface area contributed by atoms with Gasteiger partial charge in [0.2, 0.25) is 0 Å². The van der Waals surface area contributed by atoms with Crippen molar-refractivity contribution >= 4 is 5.91 Å². The van der Waals surface area contributed by atoms with Crippen molar-refractivity contribution in [3.8, 4) is 0 Å². The number of nitrogens with one attached hydrogen (secondary N) is 1. The van der Waals surface area contributed by atoms with Gasteiger partial charge < -0.3 is 10.0 Å². The van der Waals surface area contributed by atoms with E-state index in [2.05, 4.69) is 24.0 Å². The van der Waals surface area contributed by atoms with Gasteiger partial charge in [-0.25, -0.2) is 0 Å². The number of aliphatic hydroxyl groups is 1. The molecule has 0 aliphatic carbocycles. The van der Waals surface area contributed by atoms with Crippen molar-refractivity contribution in [3.63, 3.8) is 0 Å². The Morgan fingerprint density at radius 3 is 2.90 bits per heavy atom. The first-order valence-corrected chi connectivity index (χ1v) is 7.52. The summed E-state index contributed by atoms with van der Waals surface area (Å²) in [6.45, 7) is 6.73. The van der Waals surface area contributed by atoms with Crippen LogP contribution in [0, 0.1) is 5.92 Å². The molecule has 112 valence electrons. The molecule has 20 heavy (non-hydrogen) atoms. The van der Waals surface area contributed by atoms with Crippen molar-refractivity contribution in [2.75, 3.05) is 6.54 Å². The lowest BCUT2D eigenvalue weighted by Gasteiger charge is -2.37. The van der Waals surface area contributed by atoms with Crippen molar-refractivity contribution in [2.45, 2.75) is 58.6 Å². The van der Waals surface area contributed by atoms with Crippen molar-refractivity contribution in [3.05, 3.63) is 17.5 Å². The molecule has 1 saturated heterocycles. The minimum absolute atomic E-state index is 0.0677. The second-order valence-electron chi connectivity index (χ2n) is 6.18. The number of aromatic nitrogens is 2. The fraction of sp³-hybridized carbons (Fsp3) is 0.733. The summed E-state index contributed by atoms with van der Waals surface area (Å²) in [5.74, 6) is 0.459. The molecule has 1 amide bonds. The third-order valence-electron chi connectivity index (χ3n) is 3.85. The Labute approximate surface area is 120 Å². The average Bonchev–Trinajstić information content (AvgIpc) is 2.85. The first-order chi connectivity index (χ1) is 9.49. The Kier molecular flexibility index (Phi) is 4.81. The first-order valence-electron chi connectivity index (χ1n) is 7.52. The molecule has 2 N–H and O–H groups in total. The highest BCUT2D eigenvalue weighted by Crippen LogP contribution is 2.22. The van der Waals surface area contributed by atoms with Gasteiger partial charge in [-0.1, -0.05) is 13.8 Å². The molecule has 0 aromatic carbocycles. The van der Waals surface area contributed by atoms with Crippen molar-refractivity contribution in [1.29, 1.82) is 0 Å². The predicted octanol–water partition coefficient (Wildman–Crippen LogP) is 1.98. The van der Waals surface area contributed by atoms with Crippen LogP contribution in [0.3, 0.4) is 0 Å². The maximum atomic E-state index is 12.5. The second-order valence-corrected chi connectivity index (χ2v) is 6.18. The molecule has 0 radical (unpaired) electrons. The van der Waals surface area contributed by atoms with E-state index < -0.39 is 6.10 Å². The molecule has 5 nitrogen and oxygen atoms in total. The van der Waals surface area contributed by atoms with E-state index in [0.717, 1.165) is 31.4 Å². The lowest BCUT2D eigenvalue weighted by molar-refractivity contribution is 0.0276. The van der Waals surface area contributed by atoms with E-state index >= 15 is 0 Å². The number of aromatic amines is 1. The maximum Gasteiger partial charge on any atom is 0.274 e. The van der Waals surface area contributed by atoms with Gasteiger partial charge in [0.25, 0.3) is 5.91 Å². The SMILES string of the molecule is CC(C)Cc1cc(C(=O)N2CCCCC2C(C)O)n[nH]1. The molecule has 1 aliphatic rings. The Morgan fingerprint density at radius 2 is 2.25 bits per heavy atom. The minimum atomic E-state index is -0.492. The maximum absolute atomic E-state index is 12.5. The molecule has 2 unspecified atom stereocenters. The van der Waals surface area contributed by atoms with Crippen LogP contribution in [0.15, 0.2) is 6.07 Å². The lowest BCUT2D eigenvalue weighted by Crippen LogP contribution is -2.49. The van der Waals surface area contributed by atoms with Gasteiger partial charge in [-0.2, -0.15) is 5.10 Å². The second kappa shape index (κ2) is 6.39. The largest absolute Gasteiger partial charge is 0.391 e. The molecule has 0 spiro atoms. The molecule has 0 saturated carbocycles. The van der Waals surface area contributed by atoms with Gasteiger partial charge >= 0.3 is 0 Å². The fourth-order valence-electron chi connectivity index (χ4n) is 2.87. The summed E-state index contributed by atoms with van der Waals surface area (Å²) in [6.07, 6.45) is 3.33. The van der Waals surface area contributed by atoms with Crippen LogP contribution >= 0.6 is 0 Å². The predicted molar refractivity (Wildman–Crippen MR) is 77.5 cm³/mol. The monoisotopic (exact) mass is 279 g/mol. The highest BCUT2D eigenvalue weighted by molar-refractivity contribution is 5.92. The highest BCUT2D eigenvalue weighted by Gasteiger charge is 2.31. The summed E-state index contributed by atoms with van der Waals surface area (Å²) in [4.78, 5) is 14.3. The number of carbonyl (C=O) groups excluding carboxylic acids is 1. The summed E-state index contributed by atoms with van der Waals surface area (Å²) in [5.41, 5.74) is 1.46. The van der Waals surface area contributed by atoms with Crippen LogP contribution in [0.1, 0.15) is 56.2 Å². The van der Waals surface area contributed by atoms with Crippen molar-refractivity contribution < 1.29 is 9.90 Å². The van der Waals surface area contributed by atoms with Crippen LogP contribution in [0.4, 0.5) is 0 Å². The van der Waals surface area contributed by atoms with E-state index in [0.29, 0.717) is 18.2 Å². The molecule has 2 rings (SSSR count). The van der Waals surface area contributed by atoms with Gasteiger partial charge in [0.1, 0.15) is 5.69 Å².